The molecule has 0 radical (unpaired) electrons. The Morgan fingerprint density at radius 1 is 1.36 bits per heavy atom. The maximum atomic E-state index is 5.71. The van der Waals surface area contributed by atoms with Crippen LogP contribution in [0.15, 0.2) is 0 Å². The molecule has 11 heavy (non-hydrogen) atoms. The second-order valence-corrected chi connectivity index (χ2v) is 4.16. The standard InChI is InChI=1S/C9H18N2/c10-7-9(4-1-5-9)11-6-8-2-3-8/h8,11H,1-7,10H2. The lowest BCUT2D eigenvalue weighted by Crippen LogP contribution is -2.56. The highest BCUT2D eigenvalue weighted by atomic mass is 15.0. The van der Waals surface area contributed by atoms with Crippen LogP contribution in [-0.4, -0.2) is 18.6 Å². The Hall–Kier alpha value is -0.0800. The van der Waals surface area contributed by atoms with E-state index in [-0.39, 0.29) is 0 Å². The van der Waals surface area contributed by atoms with Gasteiger partial charge in [-0.05, 0) is 44.6 Å². The summed E-state index contributed by atoms with van der Waals surface area (Å²) < 4.78 is 0. The van der Waals surface area contributed by atoms with Gasteiger partial charge >= 0.3 is 0 Å². The van der Waals surface area contributed by atoms with Gasteiger partial charge in [-0.1, -0.05) is 0 Å². The van der Waals surface area contributed by atoms with E-state index in [0.717, 1.165) is 12.5 Å². The fourth-order valence-electron chi connectivity index (χ4n) is 1.74. The van der Waals surface area contributed by atoms with E-state index in [0.29, 0.717) is 5.54 Å². The Morgan fingerprint density at radius 3 is 2.45 bits per heavy atom. The average Bonchev–Trinajstić information content (AvgIpc) is 2.70. The van der Waals surface area contributed by atoms with E-state index in [4.69, 9.17) is 5.73 Å². The molecular weight excluding hydrogens is 136 g/mol. The van der Waals surface area contributed by atoms with Crippen molar-refractivity contribution in [1.29, 1.82) is 0 Å². The van der Waals surface area contributed by atoms with Crippen LogP contribution >= 0.6 is 0 Å². The summed E-state index contributed by atoms with van der Waals surface area (Å²) in [6.07, 6.45) is 6.85. The molecule has 0 atom stereocenters. The summed E-state index contributed by atoms with van der Waals surface area (Å²) in [7, 11) is 0. The SMILES string of the molecule is NCC1(NCC2CC2)CCC1. The third-order valence-corrected chi connectivity index (χ3v) is 3.16. The smallest absolute Gasteiger partial charge is 0.0304 e. The Balaban J connectivity index is 1.72. The zero-order chi connectivity index (χ0) is 7.73. The molecule has 0 unspecified atom stereocenters. The molecule has 2 aliphatic rings. The number of nitrogens with two attached hydrogens (primary N) is 1. The number of nitrogens with one attached hydrogen (secondary N) is 1. The van der Waals surface area contributed by atoms with Crippen LogP contribution in [0, 0.1) is 5.92 Å². The van der Waals surface area contributed by atoms with E-state index >= 15 is 0 Å². The van der Waals surface area contributed by atoms with E-state index in [1.165, 1.54) is 38.6 Å². The van der Waals surface area contributed by atoms with Crippen LogP contribution in [0.1, 0.15) is 32.1 Å². The first kappa shape index (κ1) is 7.56. The van der Waals surface area contributed by atoms with Crippen molar-refractivity contribution in [3.05, 3.63) is 0 Å². The van der Waals surface area contributed by atoms with Gasteiger partial charge in [-0.15, -0.1) is 0 Å². The largest absolute Gasteiger partial charge is 0.329 e. The number of hydrogen-bond donors (Lipinski definition) is 2. The lowest BCUT2D eigenvalue weighted by atomic mass is 9.77. The van der Waals surface area contributed by atoms with Crippen LogP contribution in [0.3, 0.4) is 0 Å². The van der Waals surface area contributed by atoms with Gasteiger partial charge in [-0.3, -0.25) is 0 Å². The maximum absolute atomic E-state index is 5.71. The molecule has 0 heterocycles. The molecule has 64 valence electrons. The lowest BCUT2D eigenvalue weighted by Gasteiger charge is -2.42. The summed E-state index contributed by atoms with van der Waals surface area (Å²) in [6, 6.07) is 0. The molecule has 2 heteroatoms. The summed E-state index contributed by atoms with van der Waals surface area (Å²) in [4.78, 5) is 0. The van der Waals surface area contributed by atoms with Crippen molar-refractivity contribution in [3.8, 4) is 0 Å². The highest BCUT2D eigenvalue weighted by Crippen LogP contribution is 2.33. The topological polar surface area (TPSA) is 38.0 Å². The second kappa shape index (κ2) is 2.76. The maximum Gasteiger partial charge on any atom is 0.0304 e. The molecule has 2 rings (SSSR count). The van der Waals surface area contributed by atoms with Crippen molar-refractivity contribution in [2.75, 3.05) is 13.1 Å². The molecule has 0 saturated heterocycles. The Labute approximate surface area is 68.5 Å². The normalized spacial score (nSPS) is 28.1. The van der Waals surface area contributed by atoms with E-state index < -0.39 is 0 Å². The first-order chi connectivity index (χ1) is 5.35. The summed E-state index contributed by atoms with van der Waals surface area (Å²) in [5.41, 5.74) is 6.08. The predicted molar refractivity (Wildman–Crippen MR) is 46.4 cm³/mol. The van der Waals surface area contributed by atoms with E-state index in [1.807, 2.05) is 0 Å². The van der Waals surface area contributed by atoms with Gasteiger partial charge in [0.2, 0.25) is 0 Å². The minimum Gasteiger partial charge on any atom is -0.329 e. The van der Waals surface area contributed by atoms with Crippen molar-refractivity contribution >= 4 is 0 Å². The van der Waals surface area contributed by atoms with E-state index in [1.54, 1.807) is 0 Å². The minimum absolute atomic E-state index is 0.364. The molecule has 2 aliphatic carbocycles. The van der Waals surface area contributed by atoms with Gasteiger partial charge < -0.3 is 11.1 Å². The summed E-state index contributed by atoms with van der Waals surface area (Å²) in [5, 5.41) is 3.62. The van der Waals surface area contributed by atoms with Crippen molar-refractivity contribution < 1.29 is 0 Å². The van der Waals surface area contributed by atoms with Gasteiger partial charge in [0.25, 0.3) is 0 Å². The average molecular weight is 154 g/mol. The van der Waals surface area contributed by atoms with Gasteiger partial charge in [0.1, 0.15) is 0 Å². The Bertz CT molecular complexity index is 131. The molecule has 0 aromatic rings. The van der Waals surface area contributed by atoms with Crippen molar-refractivity contribution in [3.63, 3.8) is 0 Å². The molecule has 0 aromatic carbocycles. The molecule has 0 spiro atoms. The molecular formula is C9H18N2. The third-order valence-electron chi connectivity index (χ3n) is 3.16. The Morgan fingerprint density at radius 2 is 2.09 bits per heavy atom. The highest BCUT2D eigenvalue weighted by molar-refractivity contribution is 4.97. The van der Waals surface area contributed by atoms with Crippen molar-refractivity contribution in [2.45, 2.75) is 37.6 Å². The zero-order valence-electron chi connectivity index (χ0n) is 7.10. The molecule has 2 nitrogen and oxygen atoms in total. The van der Waals surface area contributed by atoms with Crippen LogP contribution in [-0.2, 0) is 0 Å². The summed E-state index contributed by atoms with van der Waals surface area (Å²) in [6.45, 7) is 2.05. The van der Waals surface area contributed by atoms with Crippen molar-refractivity contribution in [2.24, 2.45) is 11.7 Å². The molecule has 0 aliphatic heterocycles. The van der Waals surface area contributed by atoms with Gasteiger partial charge in [-0.25, -0.2) is 0 Å². The van der Waals surface area contributed by atoms with E-state index in [9.17, 15) is 0 Å². The van der Waals surface area contributed by atoms with Gasteiger partial charge in [-0.2, -0.15) is 0 Å². The second-order valence-electron chi connectivity index (χ2n) is 4.16. The number of rotatable bonds is 4. The van der Waals surface area contributed by atoms with Crippen LogP contribution < -0.4 is 11.1 Å². The van der Waals surface area contributed by atoms with Crippen LogP contribution in [0.5, 0.6) is 0 Å². The lowest BCUT2D eigenvalue weighted by molar-refractivity contribution is 0.191. The van der Waals surface area contributed by atoms with Gasteiger partial charge in [0, 0.05) is 12.1 Å². The predicted octanol–water partition coefficient (Wildman–Crippen LogP) is 0.867. The fourth-order valence-corrected chi connectivity index (χ4v) is 1.74. The molecule has 0 aromatic heterocycles. The molecule has 0 amide bonds. The van der Waals surface area contributed by atoms with Gasteiger partial charge in [0.05, 0.1) is 0 Å². The molecule has 0 bridgehead atoms. The van der Waals surface area contributed by atoms with Gasteiger partial charge in [0.15, 0.2) is 0 Å². The quantitative estimate of drug-likeness (QED) is 0.630. The summed E-state index contributed by atoms with van der Waals surface area (Å²) >= 11 is 0. The molecule has 2 saturated carbocycles. The summed E-state index contributed by atoms with van der Waals surface area (Å²) in [5.74, 6) is 0.985. The highest BCUT2D eigenvalue weighted by Gasteiger charge is 2.36. The molecule has 2 fully saturated rings. The van der Waals surface area contributed by atoms with Crippen LogP contribution in [0.2, 0.25) is 0 Å². The first-order valence-corrected chi connectivity index (χ1v) is 4.80. The molecule has 3 N–H and O–H groups in total. The van der Waals surface area contributed by atoms with Crippen LogP contribution in [0.4, 0.5) is 0 Å². The van der Waals surface area contributed by atoms with Crippen molar-refractivity contribution in [1.82, 2.24) is 5.32 Å². The van der Waals surface area contributed by atoms with Crippen LogP contribution in [0.25, 0.3) is 0 Å². The number of hydrogen-bond acceptors (Lipinski definition) is 2. The third kappa shape index (κ3) is 1.57. The fraction of sp³-hybridized carbons (Fsp3) is 1.00. The monoisotopic (exact) mass is 154 g/mol. The minimum atomic E-state index is 0.364. The van der Waals surface area contributed by atoms with E-state index in [2.05, 4.69) is 5.32 Å². The zero-order valence-corrected chi connectivity index (χ0v) is 7.10. The first-order valence-electron chi connectivity index (χ1n) is 4.80. The Kier molecular flexibility index (Phi) is 1.90.